The van der Waals surface area contributed by atoms with Crippen LogP contribution in [-0.2, 0) is 26.2 Å². The van der Waals surface area contributed by atoms with Crippen molar-refractivity contribution in [2.24, 2.45) is 0 Å². The number of carbonyl (C=O) groups excluding carboxylic acids is 2. The second-order valence-corrected chi connectivity index (χ2v) is 14.0. The lowest BCUT2D eigenvalue weighted by Gasteiger charge is -2.34. The van der Waals surface area contributed by atoms with Crippen molar-refractivity contribution in [2.45, 2.75) is 69.5 Å². The van der Waals surface area contributed by atoms with Gasteiger partial charge in [0.2, 0.25) is 11.8 Å². The molecule has 2 amide bonds. The highest BCUT2D eigenvalue weighted by Gasteiger charge is 2.35. The van der Waals surface area contributed by atoms with Crippen LogP contribution < -0.4 is 9.62 Å². The normalized spacial score (nSPS) is 14.4. The van der Waals surface area contributed by atoms with Gasteiger partial charge >= 0.3 is 0 Å². The van der Waals surface area contributed by atoms with Crippen molar-refractivity contribution >= 4 is 66.7 Å². The van der Waals surface area contributed by atoms with Crippen molar-refractivity contribution in [1.82, 2.24) is 10.2 Å². The van der Waals surface area contributed by atoms with E-state index in [9.17, 15) is 18.0 Å². The maximum atomic E-state index is 14.3. The first-order chi connectivity index (χ1) is 20.0. The molecule has 4 rings (SSSR count). The number of hydrogen-bond donors (Lipinski definition) is 1. The molecule has 0 spiro atoms. The number of rotatable bonds is 11. The molecule has 11 heteroatoms. The summed E-state index contributed by atoms with van der Waals surface area (Å²) in [5.74, 6) is -0.841. The minimum Gasteiger partial charge on any atom is -0.352 e. The van der Waals surface area contributed by atoms with Gasteiger partial charge in [-0.3, -0.25) is 13.9 Å². The average Bonchev–Trinajstić information content (AvgIpc) is 3.46. The van der Waals surface area contributed by atoms with Gasteiger partial charge in [-0.05, 0) is 68.7 Å². The number of hydrogen-bond acceptors (Lipinski definition) is 4. The Morgan fingerprint density at radius 1 is 1.00 bits per heavy atom. The van der Waals surface area contributed by atoms with E-state index in [4.69, 9.17) is 23.2 Å². The molecule has 1 N–H and O–H groups in total. The number of nitrogens with one attached hydrogen (secondary N) is 1. The third kappa shape index (κ3) is 7.67. The Morgan fingerprint density at radius 3 is 2.21 bits per heavy atom. The Kier molecular flexibility index (Phi) is 11.0. The molecule has 1 atom stereocenters. The van der Waals surface area contributed by atoms with Crippen LogP contribution in [0, 0.1) is 6.92 Å². The smallest absolute Gasteiger partial charge is 0.264 e. The second kappa shape index (κ2) is 14.3. The van der Waals surface area contributed by atoms with Gasteiger partial charge in [-0.1, -0.05) is 88.7 Å². The van der Waals surface area contributed by atoms with Crippen LogP contribution in [0.3, 0.4) is 0 Å². The summed E-state index contributed by atoms with van der Waals surface area (Å²) in [6.07, 6.45) is 4.17. The van der Waals surface area contributed by atoms with E-state index in [-0.39, 0.29) is 23.4 Å². The molecular formula is C31H34BrCl2N3O4S. The van der Waals surface area contributed by atoms with Gasteiger partial charge in [-0.25, -0.2) is 8.42 Å². The summed E-state index contributed by atoms with van der Waals surface area (Å²) < 4.78 is 29.7. The number of aryl methyl sites for hydroxylation is 1. The maximum Gasteiger partial charge on any atom is 0.264 e. The second-order valence-electron chi connectivity index (χ2n) is 10.4. The van der Waals surface area contributed by atoms with Crippen molar-refractivity contribution in [3.05, 3.63) is 92.4 Å². The highest BCUT2D eigenvalue weighted by Crippen LogP contribution is 2.30. The van der Waals surface area contributed by atoms with Gasteiger partial charge in [0, 0.05) is 32.7 Å². The zero-order chi connectivity index (χ0) is 30.4. The molecule has 42 heavy (non-hydrogen) atoms. The number of benzene rings is 3. The molecule has 1 fully saturated rings. The largest absolute Gasteiger partial charge is 0.352 e. The summed E-state index contributed by atoms with van der Waals surface area (Å²) in [5.41, 5.74) is 1.69. The molecular weight excluding hydrogens is 661 g/mol. The summed E-state index contributed by atoms with van der Waals surface area (Å²) in [5, 5.41) is 3.80. The number of amides is 2. The van der Waals surface area contributed by atoms with Crippen LogP contribution in [0.15, 0.2) is 76.1 Å². The monoisotopic (exact) mass is 693 g/mol. The van der Waals surface area contributed by atoms with Crippen molar-refractivity contribution in [2.75, 3.05) is 10.8 Å². The highest BCUT2D eigenvalue weighted by atomic mass is 79.9. The molecule has 0 unspecified atom stereocenters. The summed E-state index contributed by atoms with van der Waals surface area (Å²) >= 11 is 16.4. The molecule has 1 saturated carbocycles. The molecule has 0 saturated heterocycles. The third-order valence-electron chi connectivity index (χ3n) is 7.46. The fourth-order valence-electron chi connectivity index (χ4n) is 5.14. The van der Waals surface area contributed by atoms with Crippen LogP contribution >= 0.6 is 39.1 Å². The molecule has 7 nitrogen and oxygen atoms in total. The lowest BCUT2D eigenvalue weighted by Crippen LogP contribution is -2.53. The van der Waals surface area contributed by atoms with E-state index in [0.717, 1.165) is 35.6 Å². The van der Waals surface area contributed by atoms with E-state index >= 15 is 0 Å². The molecule has 0 bridgehead atoms. The summed E-state index contributed by atoms with van der Waals surface area (Å²) in [6, 6.07) is 17.4. The first kappa shape index (κ1) is 32.3. The number of halogens is 3. The number of carbonyl (C=O) groups is 2. The minimum absolute atomic E-state index is 0.0486. The minimum atomic E-state index is -4.16. The number of nitrogens with zero attached hydrogens (tertiary/aromatic N) is 2. The molecule has 224 valence electrons. The van der Waals surface area contributed by atoms with Gasteiger partial charge < -0.3 is 10.2 Å². The average molecular weight is 696 g/mol. The zero-order valence-electron chi connectivity index (χ0n) is 23.5. The fraction of sp³-hybridized carbons (Fsp3) is 0.355. The van der Waals surface area contributed by atoms with Crippen molar-refractivity contribution in [3.8, 4) is 0 Å². The van der Waals surface area contributed by atoms with E-state index in [1.54, 1.807) is 54.6 Å². The molecule has 0 heterocycles. The molecule has 0 radical (unpaired) electrons. The van der Waals surface area contributed by atoms with Crippen LogP contribution in [0.2, 0.25) is 10.0 Å². The molecule has 3 aromatic rings. The zero-order valence-corrected chi connectivity index (χ0v) is 27.4. The lowest BCUT2D eigenvalue weighted by atomic mass is 10.1. The van der Waals surface area contributed by atoms with E-state index in [0.29, 0.717) is 32.2 Å². The van der Waals surface area contributed by atoms with E-state index in [1.807, 2.05) is 13.8 Å². The van der Waals surface area contributed by atoms with Crippen LogP contribution in [0.5, 0.6) is 0 Å². The fourth-order valence-corrected chi connectivity index (χ4v) is 7.45. The van der Waals surface area contributed by atoms with E-state index in [1.165, 1.54) is 17.0 Å². The Hall–Kier alpha value is -2.59. The Labute approximate surface area is 266 Å². The van der Waals surface area contributed by atoms with Crippen LogP contribution in [0.4, 0.5) is 5.69 Å². The van der Waals surface area contributed by atoms with E-state index in [2.05, 4.69) is 21.2 Å². The molecule has 1 aliphatic rings. The summed E-state index contributed by atoms with van der Waals surface area (Å²) in [4.78, 5) is 29.3. The van der Waals surface area contributed by atoms with Crippen LogP contribution in [-0.4, -0.2) is 43.8 Å². The first-order valence-electron chi connectivity index (χ1n) is 13.9. The third-order valence-corrected chi connectivity index (χ3v) is 10.5. The molecule has 0 aliphatic heterocycles. The molecule has 1 aliphatic carbocycles. The van der Waals surface area contributed by atoms with Gasteiger partial charge in [-0.15, -0.1) is 0 Å². The summed E-state index contributed by atoms with van der Waals surface area (Å²) in [6.45, 7) is 3.08. The summed E-state index contributed by atoms with van der Waals surface area (Å²) in [7, 11) is -4.16. The SMILES string of the molecule is CC[C@H](C(=O)NC1CCCC1)N(Cc1c(Cl)cccc1Cl)C(=O)CN(c1cccc(Br)c1)S(=O)(=O)c1ccc(C)cc1. The van der Waals surface area contributed by atoms with Crippen molar-refractivity contribution in [3.63, 3.8) is 0 Å². The first-order valence-corrected chi connectivity index (χ1v) is 16.9. The predicted molar refractivity (Wildman–Crippen MR) is 171 cm³/mol. The van der Waals surface area contributed by atoms with E-state index < -0.39 is 28.5 Å². The van der Waals surface area contributed by atoms with Gasteiger partial charge in [0.05, 0.1) is 10.6 Å². The molecule has 0 aromatic heterocycles. The maximum absolute atomic E-state index is 14.3. The van der Waals surface area contributed by atoms with Crippen molar-refractivity contribution in [1.29, 1.82) is 0 Å². The molecule has 3 aromatic carbocycles. The Bertz CT molecular complexity index is 1510. The highest BCUT2D eigenvalue weighted by molar-refractivity contribution is 9.10. The Morgan fingerprint density at radius 2 is 1.62 bits per heavy atom. The topological polar surface area (TPSA) is 86.8 Å². The van der Waals surface area contributed by atoms with Crippen molar-refractivity contribution < 1.29 is 18.0 Å². The Balaban J connectivity index is 1.75. The quantitative estimate of drug-likeness (QED) is 0.232. The van der Waals surface area contributed by atoms with Gasteiger partial charge in [0.15, 0.2) is 0 Å². The lowest BCUT2D eigenvalue weighted by molar-refractivity contribution is -0.140. The van der Waals surface area contributed by atoms with Gasteiger partial charge in [0.25, 0.3) is 10.0 Å². The van der Waals surface area contributed by atoms with Gasteiger partial charge in [0.1, 0.15) is 12.6 Å². The van der Waals surface area contributed by atoms with Gasteiger partial charge in [-0.2, -0.15) is 0 Å². The predicted octanol–water partition coefficient (Wildman–Crippen LogP) is 7.13. The number of sulfonamides is 1. The standard InChI is InChI=1S/C31H34BrCl2N3O4S/c1-3-29(31(39)35-23-9-4-5-10-23)36(19-26-27(33)12-7-13-28(26)34)30(38)20-37(24-11-6-8-22(32)18-24)42(40,41)25-16-14-21(2)15-17-25/h6-8,11-18,23,29H,3-5,9-10,19-20H2,1-2H3,(H,35,39)/t29-/m1/s1. The van der Waals surface area contributed by atoms with Crippen LogP contribution in [0.25, 0.3) is 0 Å². The van der Waals surface area contributed by atoms with Crippen LogP contribution in [0.1, 0.15) is 50.2 Å². The number of anilines is 1.